The first-order valence-corrected chi connectivity index (χ1v) is 7.14. The van der Waals surface area contributed by atoms with E-state index in [9.17, 15) is 14.7 Å². The standard InChI is InChI=1S/C14H26N2O3/c1-10(2)9-16(11(3)4)14(19)15-8-6-5-7-12(15)13(17)18/h10-12H,5-9H2,1-4H3,(H,17,18). The van der Waals surface area contributed by atoms with Crippen molar-refractivity contribution in [3.63, 3.8) is 0 Å². The maximum atomic E-state index is 12.6. The van der Waals surface area contributed by atoms with Crippen molar-refractivity contribution in [2.24, 2.45) is 5.92 Å². The van der Waals surface area contributed by atoms with Crippen LogP contribution < -0.4 is 0 Å². The molecule has 110 valence electrons. The number of carboxylic acids is 1. The minimum atomic E-state index is -0.888. The molecule has 0 aromatic heterocycles. The Morgan fingerprint density at radius 1 is 1.26 bits per heavy atom. The fourth-order valence-electron chi connectivity index (χ4n) is 2.49. The summed E-state index contributed by atoms with van der Waals surface area (Å²) in [5.41, 5.74) is 0. The molecule has 1 rings (SSSR count). The topological polar surface area (TPSA) is 60.9 Å². The molecular formula is C14H26N2O3. The molecule has 0 aromatic carbocycles. The van der Waals surface area contributed by atoms with Crippen molar-refractivity contribution < 1.29 is 14.7 Å². The second-order valence-corrected chi connectivity index (χ2v) is 5.97. The predicted octanol–water partition coefficient (Wildman–Crippen LogP) is 2.41. The Labute approximate surface area is 115 Å². The van der Waals surface area contributed by atoms with E-state index in [1.807, 2.05) is 13.8 Å². The highest BCUT2D eigenvalue weighted by Gasteiger charge is 2.35. The molecule has 1 aliphatic heterocycles. The van der Waals surface area contributed by atoms with E-state index >= 15 is 0 Å². The zero-order chi connectivity index (χ0) is 14.6. The molecule has 0 aliphatic carbocycles. The molecule has 5 nitrogen and oxygen atoms in total. The lowest BCUT2D eigenvalue weighted by atomic mass is 10.0. The summed E-state index contributed by atoms with van der Waals surface area (Å²) in [7, 11) is 0. The van der Waals surface area contributed by atoms with Crippen LogP contribution in [0.15, 0.2) is 0 Å². The zero-order valence-corrected chi connectivity index (χ0v) is 12.4. The molecule has 1 fully saturated rings. The van der Waals surface area contributed by atoms with E-state index in [-0.39, 0.29) is 12.1 Å². The van der Waals surface area contributed by atoms with Crippen molar-refractivity contribution in [1.82, 2.24) is 9.80 Å². The van der Waals surface area contributed by atoms with Gasteiger partial charge >= 0.3 is 12.0 Å². The van der Waals surface area contributed by atoms with E-state index in [4.69, 9.17) is 0 Å². The number of amides is 2. The summed E-state index contributed by atoms with van der Waals surface area (Å²) in [5.74, 6) is -0.513. The molecule has 0 saturated carbocycles. The summed E-state index contributed by atoms with van der Waals surface area (Å²) in [6, 6.07) is -0.697. The Hall–Kier alpha value is -1.26. The first kappa shape index (κ1) is 15.8. The van der Waals surface area contributed by atoms with Gasteiger partial charge in [0.15, 0.2) is 0 Å². The zero-order valence-electron chi connectivity index (χ0n) is 12.4. The van der Waals surface area contributed by atoms with Crippen LogP contribution in [-0.4, -0.2) is 52.1 Å². The Morgan fingerprint density at radius 2 is 1.89 bits per heavy atom. The number of likely N-dealkylation sites (tertiary alicyclic amines) is 1. The van der Waals surface area contributed by atoms with Crippen LogP contribution in [0.5, 0.6) is 0 Å². The fraction of sp³-hybridized carbons (Fsp3) is 0.857. The van der Waals surface area contributed by atoms with Crippen LogP contribution in [0.4, 0.5) is 4.79 Å². The van der Waals surface area contributed by atoms with E-state index in [1.165, 1.54) is 4.90 Å². The quantitative estimate of drug-likeness (QED) is 0.853. The van der Waals surface area contributed by atoms with Crippen LogP contribution in [0.1, 0.15) is 47.0 Å². The Balaban J connectivity index is 2.84. The van der Waals surface area contributed by atoms with E-state index in [0.717, 1.165) is 12.8 Å². The monoisotopic (exact) mass is 270 g/mol. The molecule has 1 N–H and O–H groups in total. The predicted molar refractivity (Wildman–Crippen MR) is 74.1 cm³/mol. The van der Waals surface area contributed by atoms with Crippen LogP contribution in [0.2, 0.25) is 0 Å². The first-order valence-electron chi connectivity index (χ1n) is 7.14. The van der Waals surface area contributed by atoms with Gasteiger partial charge in [-0.2, -0.15) is 0 Å². The molecule has 1 saturated heterocycles. The van der Waals surface area contributed by atoms with Gasteiger partial charge < -0.3 is 14.9 Å². The molecule has 1 aliphatic rings. The summed E-state index contributed by atoms with van der Waals surface area (Å²) >= 11 is 0. The normalized spacial score (nSPS) is 19.9. The van der Waals surface area contributed by atoms with Gasteiger partial charge in [-0.15, -0.1) is 0 Å². The van der Waals surface area contributed by atoms with Crippen LogP contribution >= 0.6 is 0 Å². The second-order valence-electron chi connectivity index (χ2n) is 5.97. The Bertz CT molecular complexity index is 329. The number of hydrogen-bond donors (Lipinski definition) is 1. The SMILES string of the molecule is CC(C)CN(C(=O)N1CCCCC1C(=O)O)C(C)C. The van der Waals surface area contributed by atoms with Gasteiger partial charge in [-0.1, -0.05) is 13.8 Å². The number of aliphatic carboxylic acids is 1. The van der Waals surface area contributed by atoms with Crippen molar-refractivity contribution in [3.8, 4) is 0 Å². The molecule has 1 atom stereocenters. The molecule has 0 radical (unpaired) electrons. The van der Waals surface area contributed by atoms with Gasteiger partial charge in [0.1, 0.15) is 6.04 Å². The van der Waals surface area contributed by atoms with Gasteiger partial charge in [0.2, 0.25) is 0 Å². The fourth-order valence-corrected chi connectivity index (χ4v) is 2.49. The number of urea groups is 1. The second kappa shape index (κ2) is 6.78. The van der Waals surface area contributed by atoms with E-state index in [0.29, 0.717) is 25.4 Å². The molecule has 2 amide bonds. The van der Waals surface area contributed by atoms with E-state index in [1.54, 1.807) is 4.90 Å². The van der Waals surface area contributed by atoms with Crippen LogP contribution in [0.3, 0.4) is 0 Å². The number of carbonyl (C=O) groups excluding carboxylic acids is 1. The lowest BCUT2D eigenvalue weighted by Crippen LogP contribution is -2.55. The number of hydrogen-bond acceptors (Lipinski definition) is 2. The van der Waals surface area contributed by atoms with Gasteiger partial charge in [-0.3, -0.25) is 0 Å². The lowest BCUT2D eigenvalue weighted by Gasteiger charge is -2.39. The van der Waals surface area contributed by atoms with E-state index < -0.39 is 12.0 Å². The van der Waals surface area contributed by atoms with Gasteiger partial charge in [-0.05, 0) is 39.0 Å². The summed E-state index contributed by atoms with van der Waals surface area (Å²) in [6.07, 6.45) is 2.34. The van der Waals surface area contributed by atoms with Crippen LogP contribution in [0.25, 0.3) is 0 Å². The van der Waals surface area contributed by atoms with Crippen molar-refractivity contribution >= 4 is 12.0 Å². The third kappa shape index (κ3) is 4.11. The van der Waals surface area contributed by atoms with Crippen LogP contribution in [-0.2, 0) is 4.79 Å². The van der Waals surface area contributed by atoms with Gasteiger partial charge in [0, 0.05) is 19.1 Å². The average Bonchev–Trinajstić information content (AvgIpc) is 2.34. The third-order valence-electron chi connectivity index (χ3n) is 3.46. The number of rotatable bonds is 4. The summed E-state index contributed by atoms with van der Waals surface area (Å²) < 4.78 is 0. The largest absolute Gasteiger partial charge is 0.480 e. The number of nitrogens with zero attached hydrogens (tertiary/aromatic N) is 2. The molecule has 0 bridgehead atoms. The maximum Gasteiger partial charge on any atom is 0.326 e. The highest BCUT2D eigenvalue weighted by atomic mass is 16.4. The molecular weight excluding hydrogens is 244 g/mol. The van der Waals surface area contributed by atoms with Crippen molar-refractivity contribution in [2.45, 2.75) is 59.0 Å². The highest BCUT2D eigenvalue weighted by Crippen LogP contribution is 2.20. The molecule has 1 unspecified atom stereocenters. The smallest absolute Gasteiger partial charge is 0.326 e. The van der Waals surface area contributed by atoms with Gasteiger partial charge in [-0.25, -0.2) is 9.59 Å². The maximum absolute atomic E-state index is 12.6. The average molecular weight is 270 g/mol. The number of piperidine rings is 1. The van der Waals surface area contributed by atoms with Crippen LogP contribution in [0, 0.1) is 5.92 Å². The number of carbonyl (C=O) groups is 2. The lowest BCUT2D eigenvalue weighted by molar-refractivity contribution is -0.143. The minimum Gasteiger partial charge on any atom is -0.480 e. The molecule has 19 heavy (non-hydrogen) atoms. The van der Waals surface area contributed by atoms with Crippen molar-refractivity contribution in [3.05, 3.63) is 0 Å². The summed E-state index contributed by atoms with van der Waals surface area (Å²) in [4.78, 5) is 27.2. The first-order chi connectivity index (χ1) is 8.84. The van der Waals surface area contributed by atoms with Gasteiger partial charge in [0.05, 0.1) is 0 Å². The van der Waals surface area contributed by atoms with Gasteiger partial charge in [0.25, 0.3) is 0 Å². The van der Waals surface area contributed by atoms with Crippen molar-refractivity contribution in [1.29, 1.82) is 0 Å². The van der Waals surface area contributed by atoms with E-state index in [2.05, 4.69) is 13.8 Å². The molecule has 1 heterocycles. The molecule has 0 aromatic rings. The Kier molecular flexibility index (Phi) is 5.63. The minimum absolute atomic E-state index is 0.0891. The van der Waals surface area contributed by atoms with Crippen molar-refractivity contribution in [2.75, 3.05) is 13.1 Å². The Morgan fingerprint density at radius 3 is 2.37 bits per heavy atom. The molecule has 0 spiro atoms. The third-order valence-corrected chi connectivity index (χ3v) is 3.46. The summed E-state index contributed by atoms with van der Waals surface area (Å²) in [5, 5.41) is 9.25. The highest BCUT2D eigenvalue weighted by molar-refractivity contribution is 5.83. The summed E-state index contributed by atoms with van der Waals surface area (Å²) in [6.45, 7) is 9.29. The number of carboxylic acid groups (broad SMARTS) is 1. The molecule has 5 heteroatoms.